The minimum atomic E-state index is -5.04. The Morgan fingerprint density at radius 1 is 1.28 bits per heavy atom. The molecule has 18 heavy (non-hydrogen) atoms. The number of esters is 1. The number of hydrogen-bond donors (Lipinski definition) is 2. The SMILES string of the molecule is CNCCCNC(=O)C#CCOC(=O)C(F)(F)F. The Labute approximate surface area is 102 Å². The summed E-state index contributed by atoms with van der Waals surface area (Å²) in [5.41, 5.74) is 0. The summed E-state index contributed by atoms with van der Waals surface area (Å²) in [7, 11) is 1.76. The van der Waals surface area contributed by atoms with E-state index in [0.717, 1.165) is 6.54 Å². The largest absolute Gasteiger partial charge is 0.490 e. The highest BCUT2D eigenvalue weighted by Crippen LogP contribution is 2.15. The predicted molar refractivity (Wildman–Crippen MR) is 56.3 cm³/mol. The minimum Gasteiger partial charge on any atom is -0.446 e. The van der Waals surface area contributed by atoms with Crippen LogP contribution < -0.4 is 10.6 Å². The van der Waals surface area contributed by atoms with Crippen molar-refractivity contribution in [3.63, 3.8) is 0 Å². The minimum absolute atomic E-state index is 0.399. The van der Waals surface area contributed by atoms with Gasteiger partial charge < -0.3 is 15.4 Å². The highest BCUT2D eigenvalue weighted by atomic mass is 19.4. The molecule has 0 heterocycles. The van der Waals surface area contributed by atoms with E-state index < -0.39 is 24.7 Å². The molecule has 0 bridgehead atoms. The van der Waals surface area contributed by atoms with Gasteiger partial charge in [0.05, 0.1) is 0 Å². The Morgan fingerprint density at radius 3 is 2.50 bits per heavy atom. The van der Waals surface area contributed by atoms with Gasteiger partial charge in [-0.25, -0.2) is 4.79 Å². The van der Waals surface area contributed by atoms with Crippen LogP contribution in [0.2, 0.25) is 0 Å². The first-order valence-electron chi connectivity index (χ1n) is 5.03. The normalized spacial score (nSPS) is 10.2. The van der Waals surface area contributed by atoms with Crippen LogP contribution in [0.4, 0.5) is 13.2 Å². The summed E-state index contributed by atoms with van der Waals surface area (Å²) in [6.45, 7) is 0.343. The van der Waals surface area contributed by atoms with Crippen LogP contribution in [-0.4, -0.2) is 44.8 Å². The van der Waals surface area contributed by atoms with Crippen molar-refractivity contribution in [3.8, 4) is 11.8 Å². The zero-order chi connectivity index (χ0) is 14.0. The maximum Gasteiger partial charge on any atom is 0.490 e. The first-order valence-corrected chi connectivity index (χ1v) is 5.03. The number of amides is 1. The van der Waals surface area contributed by atoms with Crippen molar-refractivity contribution in [2.45, 2.75) is 12.6 Å². The molecule has 0 aliphatic carbocycles. The first-order chi connectivity index (χ1) is 8.38. The van der Waals surface area contributed by atoms with E-state index >= 15 is 0 Å². The van der Waals surface area contributed by atoms with Crippen LogP contribution in [0.25, 0.3) is 0 Å². The number of hydrogen-bond acceptors (Lipinski definition) is 4. The van der Waals surface area contributed by atoms with Crippen molar-refractivity contribution in [1.29, 1.82) is 0 Å². The lowest BCUT2D eigenvalue weighted by molar-refractivity contribution is -0.198. The number of carbonyl (C=O) groups is 2. The molecule has 5 nitrogen and oxygen atoms in total. The van der Waals surface area contributed by atoms with Crippen molar-refractivity contribution in [3.05, 3.63) is 0 Å². The highest BCUT2D eigenvalue weighted by Gasteiger charge is 2.40. The molecule has 0 fully saturated rings. The molecule has 0 rings (SSSR count). The van der Waals surface area contributed by atoms with Gasteiger partial charge in [0, 0.05) is 6.54 Å². The molecule has 0 aliphatic rings. The van der Waals surface area contributed by atoms with Gasteiger partial charge in [-0.3, -0.25) is 4.79 Å². The topological polar surface area (TPSA) is 67.4 Å². The fraction of sp³-hybridized carbons (Fsp3) is 0.600. The maximum atomic E-state index is 11.7. The Balaban J connectivity index is 3.77. The third-order valence-electron chi connectivity index (χ3n) is 1.60. The molecule has 0 spiro atoms. The summed E-state index contributed by atoms with van der Waals surface area (Å²) in [4.78, 5) is 21.2. The van der Waals surface area contributed by atoms with Gasteiger partial charge >= 0.3 is 12.1 Å². The van der Waals surface area contributed by atoms with E-state index in [2.05, 4.69) is 15.4 Å². The van der Waals surface area contributed by atoms with Crippen LogP contribution in [-0.2, 0) is 14.3 Å². The molecule has 0 aromatic rings. The van der Waals surface area contributed by atoms with E-state index in [0.29, 0.717) is 13.0 Å². The fourth-order valence-corrected chi connectivity index (χ4v) is 0.811. The lowest BCUT2D eigenvalue weighted by atomic mass is 10.4. The van der Waals surface area contributed by atoms with Crippen LogP contribution >= 0.6 is 0 Å². The smallest absolute Gasteiger partial charge is 0.446 e. The van der Waals surface area contributed by atoms with Crippen molar-refractivity contribution < 1.29 is 27.5 Å². The molecular formula is C10H13F3N2O3. The van der Waals surface area contributed by atoms with Gasteiger partial charge in [-0.15, -0.1) is 0 Å². The molecule has 0 unspecified atom stereocenters. The summed E-state index contributed by atoms with van der Waals surface area (Å²) in [5, 5.41) is 5.29. The number of rotatable bonds is 5. The summed E-state index contributed by atoms with van der Waals surface area (Å²) < 4.78 is 38.8. The molecule has 0 aromatic heterocycles. The molecule has 102 valence electrons. The Hall–Kier alpha value is -1.75. The molecule has 0 aromatic carbocycles. The summed E-state index contributed by atoms with van der Waals surface area (Å²) >= 11 is 0. The molecule has 0 saturated carbocycles. The van der Waals surface area contributed by atoms with Crippen LogP contribution in [0.5, 0.6) is 0 Å². The lowest BCUT2D eigenvalue weighted by Gasteiger charge is -2.03. The van der Waals surface area contributed by atoms with Crippen LogP contribution in [0.1, 0.15) is 6.42 Å². The molecule has 0 saturated heterocycles. The van der Waals surface area contributed by atoms with E-state index in [1.54, 1.807) is 7.05 Å². The van der Waals surface area contributed by atoms with Crippen molar-refractivity contribution >= 4 is 11.9 Å². The number of nitrogens with one attached hydrogen (secondary N) is 2. The Bertz CT molecular complexity index is 345. The quantitative estimate of drug-likeness (QED) is 0.411. The van der Waals surface area contributed by atoms with Gasteiger partial charge in [-0.05, 0) is 25.9 Å². The van der Waals surface area contributed by atoms with Crippen LogP contribution in [0.3, 0.4) is 0 Å². The maximum absolute atomic E-state index is 11.7. The number of carbonyl (C=O) groups excluding carboxylic acids is 2. The van der Waals surface area contributed by atoms with Crippen LogP contribution in [0, 0.1) is 11.8 Å². The standard InChI is InChI=1S/C10H13F3N2O3/c1-14-5-3-6-15-8(16)4-2-7-18-9(17)10(11,12)13/h14H,3,5-7H2,1H3,(H,15,16). The predicted octanol–water partition coefficient (Wildman–Crippen LogP) is -0.179. The second-order valence-electron chi connectivity index (χ2n) is 3.09. The van der Waals surface area contributed by atoms with Crippen molar-refractivity contribution in [2.75, 3.05) is 26.7 Å². The van der Waals surface area contributed by atoms with Crippen LogP contribution in [0.15, 0.2) is 0 Å². The molecule has 2 N–H and O–H groups in total. The molecule has 1 amide bonds. The molecule has 0 atom stereocenters. The van der Waals surface area contributed by atoms with Gasteiger partial charge in [0.1, 0.15) is 0 Å². The van der Waals surface area contributed by atoms with Crippen molar-refractivity contribution in [2.24, 2.45) is 0 Å². The highest BCUT2D eigenvalue weighted by molar-refractivity contribution is 5.93. The number of ether oxygens (including phenoxy) is 1. The lowest BCUT2D eigenvalue weighted by Crippen LogP contribution is -2.26. The second-order valence-corrected chi connectivity index (χ2v) is 3.09. The van der Waals surface area contributed by atoms with Gasteiger partial charge in [0.2, 0.25) is 0 Å². The number of alkyl halides is 3. The third-order valence-corrected chi connectivity index (χ3v) is 1.60. The average molecular weight is 266 g/mol. The summed E-state index contributed by atoms with van der Waals surface area (Å²) in [5.74, 6) is 1.05. The van der Waals surface area contributed by atoms with E-state index in [1.165, 1.54) is 0 Å². The Kier molecular flexibility index (Phi) is 7.54. The van der Waals surface area contributed by atoms with Gasteiger partial charge in [-0.1, -0.05) is 5.92 Å². The van der Waals surface area contributed by atoms with Gasteiger partial charge in [0.25, 0.3) is 5.91 Å². The summed E-state index contributed by atoms with van der Waals surface area (Å²) in [6.07, 6.45) is -4.34. The van der Waals surface area contributed by atoms with Crippen molar-refractivity contribution in [1.82, 2.24) is 10.6 Å². The zero-order valence-corrected chi connectivity index (χ0v) is 9.69. The van der Waals surface area contributed by atoms with E-state index in [9.17, 15) is 22.8 Å². The Morgan fingerprint density at radius 2 is 1.94 bits per heavy atom. The fourth-order valence-electron chi connectivity index (χ4n) is 0.811. The third kappa shape index (κ3) is 8.41. The van der Waals surface area contributed by atoms with Gasteiger partial charge in [-0.2, -0.15) is 13.2 Å². The molecule has 8 heteroatoms. The van der Waals surface area contributed by atoms with E-state index in [1.807, 2.05) is 11.8 Å². The molecule has 0 aliphatic heterocycles. The second kappa shape index (κ2) is 8.36. The first kappa shape index (κ1) is 16.2. The van der Waals surface area contributed by atoms with E-state index in [-0.39, 0.29) is 0 Å². The van der Waals surface area contributed by atoms with Gasteiger partial charge in [0.15, 0.2) is 6.61 Å². The molecular weight excluding hydrogens is 253 g/mol. The average Bonchev–Trinajstić information content (AvgIpc) is 2.28. The van der Waals surface area contributed by atoms with E-state index in [4.69, 9.17) is 0 Å². The molecule has 0 radical (unpaired) electrons. The number of halogens is 3. The monoisotopic (exact) mass is 266 g/mol. The summed E-state index contributed by atoms with van der Waals surface area (Å²) in [6, 6.07) is 0. The zero-order valence-electron chi connectivity index (χ0n) is 9.69.